The minimum Gasteiger partial charge on any atom is -0.496 e. The Bertz CT molecular complexity index is 881. The Balaban J connectivity index is 1.45. The number of quaternary nitrogens is 1. The highest BCUT2D eigenvalue weighted by Crippen LogP contribution is 2.33. The van der Waals surface area contributed by atoms with Crippen LogP contribution in [0, 0.1) is 0 Å². The Labute approximate surface area is 183 Å². The topological polar surface area (TPSA) is 76.8 Å². The van der Waals surface area contributed by atoms with E-state index in [0.29, 0.717) is 29.2 Å². The van der Waals surface area contributed by atoms with Gasteiger partial charge in [0, 0.05) is 17.3 Å². The number of ether oxygens (including phenoxy) is 3. The Kier molecular flexibility index (Phi) is 8.12. The van der Waals surface area contributed by atoms with Crippen LogP contribution in [0.5, 0.6) is 17.2 Å². The van der Waals surface area contributed by atoms with E-state index in [1.54, 1.807) is 39.7 Å². The third-order valence-electron chi connectivity index (χ3n) is 5.43. The first-order valence-electron chi connectivity index (χ1n) is 10.4. The highest BCUT2D eigenvalue weighted by molar-refractivity contribution is 5.86. The summed E-state index contributed by atoms with van der Waals surface area (Å²) in [5.74, 6) is 1.61. The van der Waals surface area contributed by atoms with Gasteiger partial charge >= 0.3 is 0 Å². The molecule has 2 aromatic carbocycles. The van der Waals surface area contributed by atoms with E-state index in [2.05, 4.69) is 39.7 Å². The van der Waals surface area contributed by atoms with Gasteiger partial charge in [-0.3, -0.25) is 4.79 Å². The van der Waals surface area contributed by atoms with Crippen LogP contribution in [0.15, 0.2) is 47.6 Å². The van der Waals surface area contributed by atoms with Crippen LogP contribution < -0.4 is 29.4 Å². The predicted octanol–water partition coefficient (Wildman–Crippen LogP) is 0.958. The fourth-order valence-corrected chi connectivity index (χ4v) is 3.64. The second kappa shape index (κ2) is 11.2. The molecular weight excluding hydrogens is 396 g/mol. The van der Waals surface area contributed by atoms with Crippen molar-refractivity contribution in [2.24, 2.45) is 5.10 Å². The normalized spacial score (nSPS) is 14.5. The van der Waals surface area contributed by atoms with E-state index in [4.69, 9.17) is 14.2 Å². The maximum absolute atomic E-state index is 12.2. The summed E-state index contributed by atoms with van der Waals surface area (Å²) in [6.07, 6.45) is 1.98. The van der Waals surface area contributed by atoms with Crippen molar-refractivity contribution in [2.75, 3.05) is 59.0 Å². The number of benzene rings is 2. The number of amides is 1. The predicted molar refractivity (Wildman–Crippen MR) is 121 cm³/mol. The molecule has 1 aliphatic heterocycles. The highest BCUT2D eigenvalue weighted by atomic mass is 16.5. The number of nitrogens with zero attached hydrogens (tertiary/aromatic N) is 2. The first-order valence-corrected chi connectivity index (χ1v) is 10.4. The summed E-state index contributed by atoms with van der Waals surface area (Å²) >= 11 is 0. The molecule has 0 unspecified atom stereocenters. The zero-order valence-corrected chi connectivity index (χ0v) is 18.4. The molecule has 0 atom stereocenters. The van der Waals surface area contributed by atoms with Gasteiger partial charge in [-0.2, -0.15) is 5.10 Å². The molecule has 3 rings (SSSR count). The van der Waals surface area contributed by atoms with Gasteiger partial charge in [0.15, 0.2) is 11.5 Å². The van der Waals surface area contributed by atoms with Crippen LogP contribution in [0.2, 0.25) is 0 Å². The van der Waals surface area contributed by atoms with E-state index in [-0.39, 0.29) is 5.91 Å². The molecule has 31 heavy (non-hydrogen) atoms. The molecule has 0 bridgehead atoms. The van der Waals surface area contributed by atoms with Crippen molar-refractivity contribution in [3.8, 4) is 17.2 Å². The smallest absolute Gasteiger partial charge is 0.245 e. The minimum absolute atomic E-state index is 0.103. The average Bonchev–Trinajstić information content (AvgIpc) is 2.83. The van der Waals surface area contributed by atoms with Gasteiger partial charge in [0.05, 0.1) is 66.7 Å². The van der Waals surface area contributed by atoms with Crippen LogP contribution in [0.25, 0.3) is 0 Å². The summed E-state index contributed by atoms with van der Waals surface area (Å²) in [5.41, 5.74) is 4.55. The molecule has 0 spiro atoms. The standard InChI is InChI=1S/C23H30N4O4/c1-29-20-16-22(31-3)21(30-2)15-18(20)17-24-25-23(28)9-10-26-11-13-27(14-12-26)19-7-5-4-6-8-19/h4-8,15-17H,9-14H2,1-3H3,(H,25,28)/p+1/b24-17-. The number of carbonyl (C=O) groups is 1. The van der Waals surface area contributed by atoms with Gasteiger partial charge in [-0.1, -0.05) is 18.2 Å². The second-order valence-electron chi connectivity index (χ2n) is 7.31. The third kappa shape index (κ3) is 6.11. The molecule has 0 aromatic heterocycles. The first kappa shape index (κ1) is 22.4. The average molecular weight is 428 g/mol. The number of hydrogen-bond donors (Lipinski definition) is 2. The van der Waals surface area contributed by atoms with Crippen LogP contribution in [0.4, 0.5) is 5.69 Å². The molecule has 0 radical (unpaired) electrons. The largest absolute Gasteiger partial charge is 0.496 e. The molecule has 8 nitrogen and oxygen atoms in total. The summed E-state index contributed by atoms with van der Waals surface area (Å²) in [6, 6.07) is 13.9. The lowest BCUT2D eigenvalue weighted by molar-refractivity contribution is -0.900. The summed E-state index contributed by atoms with van der Waals surface area (Å²) in [7, 11) is 4.70. The van der Waals surface area contributed by atoms with Gasteiger partial charge in [-0.15, -0.1) is 0 Å². The molecule has 1 heterocycles. The van der Waals surface area contributed by atoms with E-state index in [1.165, 1.54) is 10.6 Å². The molecule has 1 amide bonds. The molecule has 8 heteroatoms. The van der Waals surface area contributed by atoms with Crippen LogP contribution in [0.3, 0.4) is 0 Å². The lowest BCUT2D eigenvalue weighted by Crippen LogP contribution is -3.15. The van der Waals surface area contributed by atoms with E-state index >= 15 is 0 Å². The number of piperazine rings is 1. The number of anilines is 1. The maximum atomic E-state index is 12.2. The van der Waals surface area contributed by atoms with Gasteiger partial charge in [0.25, 0.3) is 0 Å². The quantitative estimate of drug-likeness (QED) is 0.461. The van der Waals surface area contributed by atoms with E-state index < -0.39 is 0 Å². The molecule has 2 N–H and O–H groups in total. The van der Waals surface area contributed by atoms with Crippen molar-refractivity contribution in [2.45, 2.75) is 6.42 Å². The Morgan fingerprint density at radius 2 is 1.68 bits per heavy atom. The number of hydrogen-bond acceptors (Lipinski definition) is 6. The van der Waals surface area contributed by atoms with Gasteiger partial charge in [0.2, 0.25) is 5.91 Å². The summed E-state index contributed by atoms with van der Waals surface area (Å²) in [6.45, 7) is 4.84. The van der Waals surface area contributed by atoms with Crippen molar-refractivity contribution in [3.05, 3.63) is 48.0 Å². The molecule has 1 aliphatic rings. The number of methoxy groups -OCH3 is 3. The lowest BCUT2D eigenvalue weighted by Gasteiger charge is -2.33. The van der Waals surface area contributed by atoms with Crippen molar-refractivity contribution < 1.29 is 23.9 Å². The minimum atomic E-state index is -0.103. The van der Waals surface area contributed by atoms with E-state index in [0.717, 1.165) is 32.7 Å². The maximum Gasteiger partial charge on any atom is 0.245 e. The fraction of sp³-hybridized carbons (Fsp3) is 0.391. The van der Waals surface area contributed by atoms with Crippen molar-refractivity contribution in [3.63, 3.8) is 0 Å². The van der Waals surface area contributed by atoms with E-state index in [9.17, 15) is 4.79 Å². The number of hydrazone groups is 1. The van der Waals surface area contributed by atoms with Crippen molar-refractivity contribution in [1.29, 1.82) is 0 Å². The molecule has 166 valence electrons. The SMILES string of the molecule is COc1cc(OC)c(OC)cc1/C=N\NC(=O)CC[NH+]1CCN(c2ccccc2)CC1. The molecule has 1 saturated heterocycles. The van der Waals surface area contributed by atoms with Crippen LogP contribution in [-0.4, -0.2) is 66.2 Å². The monoisotopic (exact) mass is 427 g/mol. The lowest BCUT2D eigenvalue weighted by atomic mass is 10.2. The van der Waals surface area contributed by atoms with Gasteiger partial charge in [0.1, 0.15) is 5.75 Å². The van der Waals surface area contributed by atoms with Crippen LogP contribution in [0.1, 0.15) is 12.0 Å². The van der Waals surface area contributed by atoms with Gasteiger partial charge in [-0.25, -0.2) is 5.43 Å². The summed E-state index contributed by atoms with van der Waals surface area (Å²) in [5, 5.41) is 4.08. The molecule has 1 fully saturated rings. The fourth-order valence-electron chi connectivity index (χ4n) is 3.64. The summed E-state index contributed by atoms with van der Waals surface area (Å²) < 4.78 is 15.9. The first-order chi connectivity index (χ1) is 15.1. The van der Waals surface area contributed by atoms with Gasteiger partial charge in [-0.05, 0) is 18.2 Å². The molecule has 2 aromatic rings. The second-order valence-corrected chi connectivity index (χ2v) is 7.31. The van der Waals surface area contributed by atoms with Crippen LogP contribution >= 0.6 is 0 Å². The number of para-hydroxylation sites is 1. The zero-order valence-electron chi connectivity index (χ0n) is 18.4. The molecular formula is C23H31N4O4+. The summed E-state index contributed by atoms with van der Waals surface area (Å²) in [4.78, 5) is 16.0. The molecule has 0 saturated carbocycles. The number of carbonyl (C=O) groups excluding carboxylic acids is 1. The third-order valence-corrected chi connectivity index (χ3v) is 5.43. The zero-order chi connectivity index (χ0) is 22.1. The van der Waals surface area contributed by atoms with Gasteiger partial charge < -0.3 is 24.0 Å². The highest BCUT2D eigenvalue weighted by Gasteiger charge is 2.20. The number of nitrogens with one attached hydrogen (secondary N) is 2. The Morgan fingerprint density at radius 1 is 1.03 bits per heavy atom. The Morgan fingerprint density at radius 3 is 2.32 bits per heavy atom. The Hall–Kier alpha value is -3.26. The van der Waals surface area contributed by atoms with E-state index in [1.807, 2.05) is 6.07 Å². The van der Waals surface area contributed by atoms with Crippen molar-refractivity contribution >= 4 is 17.8 Å². The molecule has 0 aliphatic carbocycles. The number of rotatable bonds is 9. The van der Waals surface area contributed by atoms with Crippen LogP contribution in [-0.2, 0) is 4.79 Å². The van der Waals surface area contributed by atoms with Crippen molar-refractivity contribution in [1.82, 2.24) is 5.43 Å².